The molecule has 0 saturated heterocycles. The van der Waals surface area contributed by atoms with Crippen molar-refractivity contribution in [3.05, 3.63) is 54.2 Å². The van der Waals surface area contributed by atoms with Gasteiger partial charge in [-0.2, -0.15) is 0 Å². The van der Waals surface area contributed by atoms with Crippen LogP contribution in [0.2, 0.25) is 0 Å². The van der Waals surface area contributed by atoms with Gasteiger partial charge in [-0.1, -0.05) is 30.3 Å². The SMILES string of the molecule is O=C(Cl)CCc1ccc(-c2ccccn2)cc1. The maximum atomic E-state index is 10.7. The topological polar surface area (TPSA) is 30.0 Å². The van der Waals surface area contributed by atoms with Crippen molar-refractivity contribution in [1.82, 2.24) is 4.98 Å². The second-order valence-electron chi connectivity index (χ2n) is 3.77. The second kappa shape index (κ2) is 5.60. The van der Waals surface area contributed by atoms with Gasteiger partial charge >= 0.3 is 0 Å². The molecular formula is C14H12ClNO. The second-order valence-corrected chi connectivity index (χ2v) is 4.19. The molecule has 0 aliphatic carbocycles. The average Bonchev–Trinajstić information content (AvgIpc) is 2.38. The Balaban J connectivity index is 2.11. The Morgan fingerprint density at radius 1 is 1.12 bits per heavy atom. The first-order valence-corrected chi connectivity index (χ1v) is 5.82. The summed E-state index contributed by atoms with van der Waals surface area (Å²) in [7, 11) is 0. The highest BCUT2D eigenvalue weighted by Crippen LogP contribution is 2.17. The van der Waals surface area contributed by atoms with Crippen molar-refractivity contribution >= 4 is 16.8 Å². The lowest BCUT2D eigenvalue weighted by molar-refractivity contribution is -0.111. The third kappa shape index (κ3) is 3.40. The summed E-state index contributed by atoms with van der Waals surface area (Å²) >= 11 is 5.31. The van der Waals surface area contributed by atoms with E-state index in [4.69, 9.17) is 11.6 Å². The molecule has 0 N–H and O–H groups in total. The van der Waals surface area contributed by atoms with Gasteiger partial charge in [0.15, 0.2) is 0 Å². The zero-order valence-electron chi connectivity index (χ0n) is 9.27. The largest absolute Gasteiger partial charge is 0.281 e. The van der Waals surface area contributed by atoms with Crippen molar-refractivity contribution in [1.29, 1.82) is 0 Å². The Morgan fingerprint density at radius 2 is 1.88 bits per heavy atom. The molecule has 0 spiro atoms. The molecule has 0 aliphatic rings. The highest BCUT2D eigenvalue weighted by atomic mass is 35.5. The molecule has 0 amide bonds. The van der Waals surface area contributed by atoms with Gasteiger partial charge in [0.05, 0.1) is 5.69 Å². The van der Waals surface area contributed by atoms with E-state index in [9.17, 15) is 4.79 Å². The van der Waals surface area contributed by atoms with E-state index >= 15 is 0 Å². The number of hydrogen-bond donors (Lipinski definition) is 0. The lowest BCUT2D eigenvalue weighted by Crippen LogP contribution is -1.91. The van der Waals surface area contributed by atoms with Crippen LogP contribution in [0.4, 0.5) is 0 Å². The summed E-state index contributed by atoms with van der Waals surface area (Å²) in [6, 6.07) is 13.9. The van der Waals surface area contributed by atoms with Crippen molar-refractivity contribution < 1.29 is 4.79 Å². The molecule has 0 unspecified atom stereocenters. The molecule has 0 aliphatic heterocycles. The third-order valence-electron chi connectivity index (χ3n) is 2.52. The first-order chi connectivity index (χ1) is 8.25. The summed E-state index contributed by atoms with van der Waals surface area (Å²) < 4.78 is 0. The van der Waals surface area contributed by atoms with Gasteiger partial charge in [0, 0.05) is 18.2 Å². The molecule has 2 nitrogen and oxygen atoms in total. The monoisotopic (exact) mass is 245 g/mol. The number of hydrogen-bond acceptors (Lipinski definition) is 2. The fourth-order valence-electron chi connectivity index (χ4n) is 1.62. The number of aromatic nitrogens is 1. The van der Waals surface area contributed by atoms with E-state index < -0.39 is 0 Å². The van der Waals surface area contributed by atoms with E-state index in [-0.39, 0.29) is 5.24 Å². The predicted octanol–water partition coefficient (Wildman–Crippen LogP) is 3.45. The normalized spacial score (nSPS) is 10.2. The number of aryl methyl sites for hydroxylation is 1. The Labute approximate surface area is 105 Å². The first-order valence-electron chi connectivity index (χ1n) is 5.44. The molecule has 0 radical (unpaired) electrons. The maximum Gasteiger partial charge on any atom is 0.221 e. The molecular weight excluding hydrogens is 234 g/mol. The highest BCUT2D eigenvalue weighted by molar-refractivity contribution is 6.63. The number of carbonyl (C=O) groups excluding carboxylic acids is 1. The molecule has 86 valence electrons. The fraction of sp³-hybridized carbons (Fsp3) is 0.143. The summed E-state index contributed by atoms with van der Waals surface area (Å²) in [6.07, 6.45) is 2.84. The van der Waals surface area contributed by atoms with Crippen LogP contribution in [0.25, 0.3) is 11.3 Å². The minimum atomic E-state index is -0.293. The fourth-order valence-corrected chi connectivity index (χ4v) is 1.71. The van der Waals surface area contributed by atoms with Gasteiger partial charge in [0.1, 0.15) is 0 Å². The first kappa shape index (κ1) is 11.8. The molecule has 1 aromatic carbocycles. The van der Waals surface area contributed by atoms with Crippen molar-refractivity contribution in [2.24, 2.45) is 0 Å². The summed E-state index contributed by atoms with van der Waals surface area (Å²) in [5.74, 6) is 0. The quantitative estimate of drug-likeness (QED) is 0.773. The van der Waals surface area contributed by atoms with E-state index in [1.807, 2.05) is 42.5 Å². The van der Waals surface area contributed by atoms with Crippen LogP contribution in [0.1, 0.15) is 12.0 Å². The lowest BCUT2D eigenvalue weighted by atomic mass is 10.1. The zero-order valence-corrected chi connectivity index (χ0v) is 10.0. The molecule has 1 aromatic heterocycles. The number of carbonyl (C=O) groups is 1. The van der Waals surface area contributed by atoms with E-state index in [2.05, 4.69) is 4.98 Å². The van der Waals surface area contributed by atoms with E-state index in [0.29, 0.717) is 12.8 Å². The van der Waals surface area contributed by atoms with Gasteiger partial charge in [0.25, 0.3) is 0 Å². The van der Waals surface area contributed by atoms with Crippen molar-refractivity contribution in [2.75, 3.05) is 0 Å². The van der Waals surface area contributed by atoms with Crippen LogP contribution in [-0.4, -0.2) is 10.2 Å². The number of nitrogens with zero attached hydrogens (tertiary/aromatic N) is 1. The molecule has 0 bridgehead atoms. The lowest BCUT2D eigenvalue weighted by Gasteiger charge is -2.02. The summed E-state index contributed by atoms with van der Waals surface area (Å²) in [5.41, 5.74) is 3.14. The summed E-state index contributed by atoms with van der Waals surface area (Å²) in [6.45, 7) is 0. The minimum absolute atomic E-state index is 0.293. The van der Waals surface area contributed by atoms with Gasteiger partial charge in [-0.15, -0.1) is 0 Å². The van der Waals surface area contributed by atoms with E-state index in [0.717, 1.165) is 16.8 Å². The number of pyridine rings is 1. The summed E-state index contributed by atoms with van der Waals surface area (Å²) in [5, 5.41) is -0.293. The number of rotatable bonds is 4. The Kier molecular flexibility index (Phi) is 3.89. The molecule has 17 heavy (non-hydrogen) atoms. The molecule has 0 fully saturated rings. The van der Waals surface area contributed by atoms with Crippen LogP contribution >= 0.6 is 11.6 Å². The smallest absolute Gasteiger partial charge is 0.221 e. The van der Waals surface area contributed by atoms with Crippen LogP contribution in [0.5, 0.6) is 0 Å². The van der Waals surface area contributed by atoms with Crippen LogP contribution < -0.4 is 0 Å². The number of halogens is 1. The summed E-state index contributed by atoms with van der Waals surface area (Å²) in [4.78, 5) is 14.9. The Hall–Kier alpha value is -1.67. The van der Waals surface area contributed by atoms with Crippen LogP contribution in [-0.2, 0) is 11.2 Å². The predicted molar refractivity (Wildman–Crippen MR) is 68.9 cm³/mol. The van der Waals surface area contributed by atoms with E-state index in [1.165, 1.54) is 0 Å². The van der Waals surface area contributed by atoms with Crippen molar-refractivity contribution in [2.45, 2.75) is 12.8 Å². The van der Waals surface area contributed by atoms with Gasteiger partial charge in [-0.25, -0.2) is 0 Å². The maximum absolute atomic E-state index is 10.7. The average molecular weight is 246 g/mol. The molecule has 3 heteroatoms. The van der Waals surface area contributed by atoms with Crippen molar-refractivity contribution in [3.63, 3.8) is 0 Å². The molecule has 0 saturated carbocycles. The number of benzene rings is 1. The standard InChI is InChI=1S/C14H12ClNO/c15-14(17)9-6-11-4-7-12(8-5-11)13-3-1-2-10-16-13/h1-5,7-8,10H,6,9H2. The highest BCUT2D eigenvalue weighted by Gasteiger charge is 2.00. The minimum Gasteiger partial charge on any atom is -0.281 e. The molecule has 0 atom stereocenters. The van der Waals surface area contributed by atoms with Gasteiger partial charge in [-0.05, 0) is 35.7 Å². The van der Waals surface area contributed by atoms with Gasteiger partial charge in [0.2, 0.25) is 5.24 Å². The Bertz CT molecular complexity index is 493. The Morgan fingerprint density at radius 3 is 2.47 bits per heavy atom. The van der Waals surface area contributed by atoms with Crippen LogP contribution in [0.15, 0.2) is 48.7 Å². The van der Waals surface area contributed by atoms with E-state index in [1.54, 1.807) is 6.20 Å². The third-order valence-corrected chi connectivity index (χ3v) is 2.71. The van der Waals surface area contributed by atoms with Crippen LogP contribution in [0.3, 0.4) is 0 Å². The van der Waals surface area contributed by atoms with Crippen LogP contribution in [0, 0.1) is 0 Å². The van der Waals surface area contributed by atoms with Gasteiger partial charge in [-0.3, -0.25) is 9.78 Å². The van der Waals surface area contributed by atoms with Crippen molar-refractivity contribution in [3.8, 4) is 11.3 Å². The molecule has 2 aromatic rings. The molecule has 2 rings (SSSR count). The van der Waals surface area contributed by atoms with Gasteiger partial charge < -0.3 is 0 Å². The zero-order chi connectivity index (χ0) is 12.1. The molecule has 1 heterocycles.